The number of nitrogens with two attached hydrogens (primary N) is 1. The van der Waals surface area contributed by atoms with Crippen LogP contribution in [0, 0.1) is 11.3 Å². The molecule has 0 saturated carbocycles. The zero-order valence-electron chi connectivity index (χ0n) is 10.3. The topological polar surface area (TPSA) is 70.9 Å². The summed E-state index contributed by atoms with van der Waals surface area (Å²) in [6.07, 6.45) is 4.48. The molecule has 17 heavy (non-hydrogen) atoms. The summed E-state index contributed by atoms with van der Waals surface area (Å²) in [5, 5.41) is 13.7. The Bertz CT molecular complexity index is 423. The zero-order valence-corrected chi connectivity index (χ0v) is 10.3. The van der Waals surface area contributed by atoms with E-state index >= 15 is 0 Å². The van der Waals surface area contributed by atoms with Crippen LogP contribution in [0.15, 0.2) is 0 Å². The number of hydrogen-bond donors (Lipinski definition) is 1. The monoisotopic (exact) mass is 233 g/mol. The Morgan fingerprint density at radius 1 is 1.41 bits per heavy atom. The van der Waals surface area contributed by atoms with Gasteiger partial charge in [-0.3, -0.25) is 0 Å². The maximum atomic E-state index is 9.19. The molecular weight excluding hydrogens is 214 g/mol. The fraction of sp³-hybridized carbons (Fsp3) is 0.667. The molecule has 5 nitrogen and oxygen atoms in total. The minimum Gasteiger partial charge on any atom is -0.383 e. The number of nitrogen functional groups attached to an aromatic ring is 1. The summed E-state index contributed by atoms with van der Waals surface area (Å²) in [5.41, 5.74) is 6.52. The van der Waals surface area contributed by atoms with E-state index < -0.39 is 0 Å². The van der Waals surface area contributed by atoms with Crippen LogP contribution >= 0.6 is 0 Å². The van der Waals surface area contributed by atoms with Gasteiger partial charge >= 0.3 is 0 Å². The number of aromatic nitrogens is 2. The summed E-state index contributed by atoms with van der Waals surface area (Å²) in [4.78, 5) is 2.16. The van der Waals surface area contributed by atoms with Crippen LogP contribution in [0.1, 0.15) is 38.2 Å². The van der Waals surface area contributed by atoms with Gasteiger partial charge < -0.3 is 10.6 Å². The second-order valence-corrected chi connectivity index (χ2v) is 4.47. The molecule has 1 aromatic heterocycles. The molecule has 1 saturated heterocycles. The van der Waals surface area contributed by atoms with Gasteiger partial charge in [0.1, 0.15) is 17.5 Å². The van der Waals surface area contributed by atoms with Gasteiger partial charge in [-0.2, -0.15) is 10.4 Å². The van der Waals surface area contributed by atoms with Gasteiger partial charge in [0.2, 0.25) is 0 Å². The molecule has 92 valence electrons. The largest absolute Gasteiger partial charge is 0.383 e. The van der Waals surface area contributed by atoms with Gasteiger partial charge in [-0.1, -0.05) is 13.3 Å². The summed E-state index contributed by atoms with van der Waals surface area (Å²) in [7, 11) is 0. The minimum absolute atomic E-state index is 0.517. The lowest BCUT2D eigenvalue weighted by molar-refractivity contribution is 0.578. The van der Waals surface area contributed by atoms with E-state index in [0.717, 1.165) is 38.3 Å². The molecule has 1 fully saturated rings. The van der Waals surface area contributed by atoms with Crippen molar-refractivity contribution < 1.29 is 0 Å². The number of nitriles is 1. The zero-order chi connectivity index (χ0) is 12.3. The van der Waals surface area contributed by atoms with Crippen LogP contribution < -0.4 is 10.6 Å². The van der Waals surface area contributed by atoms with Crippen molar-refractivity contribution in [1.82, 2.24) is 9.78 Å². The Morgan fingerprint density at radius 3 is 2.71 bits per heavy atom. The first-order valence-electron chi connectivity index (χ1n) is 6.29. The molecule has 0 bridgehead atoms. The molecule has 2 heterocycles. The van der Waals surface area contributed by atoms with E-state index in [4.69, 9.17) is 5.73 Å². The second-order valence-electron chi connectivity index (χ2n) is 4.47. The number of unbranched alkanes of at least 4 members (excludes halogenated alkanes) is 1. The maximum Gasteiger partial charge on any atom is 0.170 e. The molecule has 0 atom stereocenters. The smallest absolute Gasteiger partial charge is 0.170 e. The first kappa shape index (κ1) is 11.8. The van der Waals surface area contributed by atoms with Gasteiger partial charge in [-0.05, 0) is 19.3 Å². The van der Waals surface area contributed by atoms with Crippen molar-refractivity contribution in [1.29, 1.82) is 5.26 Å². The lowest BCUT2D eigenvalue weighted by Crippen LogP contribution is -2.19. The lowest BCUT2D eigenvalue weighted by atomic mass is 10.3. The number of nitrogens with zero attached hydrogens (tertiary/aromatic N) is 4. The van der Waals surface area contributed by atoms with Crippen molar-refractivity contribution in [3.63, 3.8) is 0 Å². The highest BCUT2D eigenvalue weighted by atomic mass is 15.4. The average Bonchev–Trinajstić information content (AvgIpc) is 2.94. The molecule has 0 unspecified atom stereocenters. The normalized spacial score (nSPS) is 15.2. The van der Waals surface area contributed by atoms with Crippen LogP contribution in [0.2, 0.25) is 0 Å². The number of anilines is 2. The third-order valence-corrected chi connectivity index (χ3v) is 3.21. The van der Waals surface area contributed by atoms with Gasteiger partial charge in [0, 0.05) is 19.6 Å². The molecule has 1 aromatic rings. The van der Waals surface area contributed by atoms with Crippen molar-refractivity contribution in [2.45, 2.75) is 39.2 Å². The van der Waals surface area contributed by atoms with Gasteiger partial charge in [-0.15, -0.1) is 0 Å². The van der Waals surface area contributed by atoms with E-state index in [0.29, 0.717) is 11.4 Å². The maximum absolute atomic E-state index is 9.19. The summed E-state index contributed by atoms with van der Waals surface area (Å²) < 4.78 is 1.77. The van der Waals surface area contributed by atoms with Crippen molar-refractivity contribution >= 4 is 11.6 Å². The predicted octanol–water partition coefficient (Wildman–Crippen LogP) is 1.74. The standard InChI is InChI=1S/C12H19N5/c1-2-3-8-17-11(14)10(9-13)12(15-17)16-6-4-5-7-16/h2-8,14H2,1H3. The fourth-order valence-electron chi connectivity index (χ4n) is 2.20. The summed E-state index contributed by atoms with van der Waals surface area (Å²) >= 11 is 0. The molecule has 0 aliphatic carbocycles. The molecule has 0 aromatic carbocycles. The van der Waals surface area contributed by atoms with Crippen LogP contribution in [-0.2, 0) is 6.54 Å². The highest BCUT2D eigenvalue weighted by molar-refractivity contribution is 5.65. The van der Waals surface area contributed by atoms with E-state index in [-0.39, 0.29) is 0 Å². The Balaban J connectivity index is 2.28. The Hall–Kier alpha value is -1.70. The Labute approximate surface area is 102 Å². The molecule has 2 N–H and O–H groups in total. The third-order valence-electron chi connectivity index (χ3n) is 3.21. The predicted molar refractivity (Wildman–Crippen MR) is 67.7 cm³/mol. The molecule has 1 aliphatic rings. The SMILES string of the molecule is CCCCn1nc(N2CCCC2)c(C#N)c1N. The van der Waals surface area contributed by atoms with Crippen LogP contribution in [0.3, 0.4) is 0 Å². The number of aryl methyl sites for hydroxylation is 1. The van der Waals surface area contributed by atoms with E-state index in [1.54, 1.807) is 4.68 Å². The van der Waals surface area contributed by atoms with Crippen molar-refractivity contribution in [2.75, 3.05) is 23.7 Å². The van der Waals surface area contributed by atoms with E-state index in [2.05, 4.69) is 23.0 Å². The van der Waals surface area contributed by atoms with Crippen LogP contribution in [0.25, 0.3) is 0 Å². The molecular formula is C12H19N5. The second kappa shape index (κ2) is 5.09. The Kier molecular flexibility index (Phi) is 3.52. The van der Waals surface area contributed by atoms with Crippen molar-refractivity contribution in [3.05, 3.63) is 5.56 Å². The van der Waals surface area contributed by atoms with Gasteiger partial charge in [0.25, 0.3) is 0 Å². The van der Waals surface area contributed by atoms with Gasteiger partial charge in [0.05, 0.1) is 0 Å². The molecule has 1 aliphatic heterocycles. The highest BCUT2D eigenvalue weighted by Crippen LogP contribution is 2.27. The van der Waals surface area contributed by atoms with E-state index in [9.17, 15) is 5.26 Å². The molecule has 0 spiro atoms. The summed E-state index contributed by atoms with van der Waals surface area (Å²) in [6.45, 7) is 4.90. The average molecular weight is 233 g/mol. The first-order valence-corrected chi connectivity index (χ1v) is 6.29. The van der Waals surface area contributed by atoms with Crippen molar-refractivity contribution in [3.8, 4) is 6.07 Å². The third kappa shape index (κ3) is 2.21. The highest BCUT2D eigenvalue weighted by Gasteiger charge is 2.22. The quantitative estimate of drug-likeness (QED) is 0.859. The van der Waals surface area contributed by atoms with Gasteiger partial charge in [-0.25, -0.2) is 4.68 Å². The molecule has 0 radical (unpaired) electrons. The summed E-state index contributed by atoms with van der Waals surface area (Å²) in [6, 6.07) is 2.19. The van der Waals surface area contributed by atoms with Crippen LogP contribution in [0.4, 0.5) is 11.6 Å². The minimum atomic E-state index is 0.517. The van der Waals surface area contributed by atoms with E-state index in [1.807, 2.05) is 0 Å². The fourth-order valence-corrected chi connectivity index (χ4v) is 2.20. The molecule has 5 heteroatoms. The van der Waals surface area contributed by atoms with Gasteiger partial charge in [0.15, 0.2) is 5.82 Å². The molecule has 0 amide bonds. The first-order chi connectivity index (χ1) is 8.27. The summed E-state index contributed by atoms with van der Waals surface area (Å²) in [5.74, 6) is 1.29. The van der Waals surface area contributed by atoms with Crippen LogP contribution in [0.5, 0.6) is 0 Å². The molecule has 2 rings (SSSR count). The number of hydrogen-bond acceptors (Lipinski definition) is 4. The lowest BCUT2D eigenvalue weighted by Gasteiger charge is -2.13. The van der Waals surface area contributed by atoms with Crippen LogP contribution in [-0.4, -0.2) is 22.9 Å². The van der Waals surface area contributed by atoms with Crippen molar-refractivity contribution in [2.24, 2.45) is 0 Å². The number of rotatable bonds is 4. The Morgan fingerprint density at radius 2 is 2.12 bits per heavy atom. The van der Waals surface area contributed by atoms with E-state index in [1.165, 1.54) is 12.8 Å².